The summed E-state index contributed by atoms with van der Waals surface area (Å²) in [7, 11) is 0. The summed E-state index contributed by atoms with van der Waals surface area (Å²) in [5.74, 6) is 2.02. The second kappa shape index (κ2) is 7.05. The van der Waals surface area contributed by atoms with E-state index in [1.165, 1.54) is 38.5 Å². The monoisotopic (exact) mass is 381 g/mol. The molecular weight excluding hydrogens is 350 g/mol. The van der Waals surface area contributed by atoms with Gasteiger partial charge < -0.3 is 14.8 Å². The van der Waals surface area contributed by atoms with Crippen LogP contribution in [-0.2, 0) is 4.79 Å². The van der Waals surface area contributed by atoms with E-state index in [0.717, 1.165) is 49.3 Å². The summed E-state index contributed by atoms with van der Waals surface area (Å²) in [5.41, 5.74) is 1.14. The highest BCUT2D eigenvalue weighted by Gasteiger charge is 2.49. The van der Waals surface area contributed by atoms with E-state index in [0.29, 0.717) is 11.8 Å². The van der Waals surface area contributed by atoms with Gasteiger partial charge in [-0.2, -0.15) is 0 Å². The first-order valence-electron chi connectivity index (χ1n) is 11.0. The minimum Gasteiger partial charge on any atom is -0.353 e. The third-order valence-corrected chi connectivity index (χ3v) is 7.22. The van der Waals surface area contributed by atoms with Crippen molar-refractivity contribution in [2.24, 2.45) is 11.3 Å². The number of amides is 1. The van der Waals surface area contributed by atoms with E-state index in [2.05, 4.69) is 37.7 Å². The van der Waals surface area contributed by atoms with Crippen LogP contribution in [0.2, 0.25) is 0 Å². The molecule has 2 aliphatic carbocycles. The number of nitrogens with zero attached hydrogens (tertiary/aromatic N) is 4. The van der Waals surface area contributed by atoms with Gasteiger partial charge in [0.1, 0.15) is 17.8 Å². The Morgan fingerprint density at radius 2 is 2.07 bits per heavy atom. The van der Waals surface area contributed by atoms with Crippen LogP contribution in [0, 0.1) is 11.3 Å². The second-order valence-electron chi connectivity index (χ2n) is 9.26. The third-order valence-electron chi connectivity index (χ3n) is 7.22. The van der Waals surface area contributed by atoms with Crippen LogP contribution in [0.3, 0.4) is 0 Å². The van der Waals surface area contributed by atoms with Gasteiger partial charge in [-0.3, -0.25) is 4.79 Å². The Labute approximate surface area is 166 Å². The number of anilines is 1. The molecule has 1 spiro atoms. The quantitative estimate of drug-likeness (QED) is 0.876. The molecule has 3 fully saturated rings. The van der Waals surface area contributed by atoms with Crippen molar-refractivity contribution < 1.29 is 4.79 Å². The molecule has 6 heteroatoms. The van der Waals surface area contributed by atoms with Crippen LogP contribution >= 0.6 is 0 Å². The van der Waals surface area contributed by atoms with Gasteiger partial charge in [-0.1, -0.05) is 19.8 Å². The van der Waals surface area contributed by atoms with Gasteiger partial charge in [-0.05, 0) is 44.1 Å². The van der Waals surface area contributed by atoms with Crippen LogP contribution in [0.25, 0.3) is 11.0 Å². The van der Waals surface area contributed by atoms with Gasteiger partial charge in [0.15, 0.2) is 0 Å². The number of rotatable bonds is 4. The second-order valence-corrected chi connectivity index (χ2v) is 9.26. The number of aromatic amines is 1. The van der Waals surface area contributed by atoms with Crippen molar-refractivity contribution in [1.29, 1.82) is 0 Å². The van der Waals surface area contributed by atoms with Crippen LogP contribution < -0.4 is 4.90 Å². The standard InChI is InChI=1S/C22H31N5O/c1-2-17-12-26(21-18-7-10-23-20(18)24-15-25-21)13-22(8-9-22)14-27(17)19(28)11-16-5-3-4-6-16/h7,10,15-17H,2-6,8-9,11-14H2,1H3,(H,23,24,25). The predicted molar refractivity (Wildman–Crippen MR) is 110 cm³/mol. The lowest BCUT2D eigenvalue weighted by Gasteiger charge is -2.32. The maximum absolute atomic E-state index is 13.3. The minimum absolute atomic E-state index is 0.253. The molecule has 2 aromatic heterocycles. The molecule has 1 saturated heterocycles. The molecule has 150 valence electrons. The largest absolute Gasteiger partial charge is 0.353 e. The van der Waals surface area contributed by atoms with Crippen molar-refractivity contribution in [3.05, 3.63) is 18.6 Å². The molecular formula is C22H31N5O. The first-order chi connectivity index (χ1) is 13.7. The van der Waals surface area contributed by atoms with Crippen LogP contribution in [0.4, 0.5) is 5.82 Å². The van der Waals surface area contributed by atoms with Crippen molar-refractivity contribution in [2.45, 2.75) is 64.3 Å². The molecule has 0 bridgehead atoms. The number of fused-ring (bicyclic) bond motifs is 1. The lowest BCUT2D eigenvalue weighted by atomic mass is 10.0. The Hall–Kier alpha value is -2.11. The highest BCUT2D eigenvalue weighted by atomic mass is 16.2. The summed E-state index contributed by atoms with van der Waals surface area (Å²) in [6, 6.07) is 2.33. The van der Waals surface area contributed by atoms with Crippen molar-refractivity contribution in [2.75, 3.05) is 24.5 Å². The van der Waals surface area contributed by atoms with Crippen molar-refractivity contribution in [1.82, 2.24) is 19.9 Å². The smallest absolute Gasteiger partial charge is 0.223 e. The molecule has 0 aromatic carbocycles. The van der Waals surface area contributed by atoms with Gasteiger partial charge in [0.25, 0.3) is 0 Å². The Balaban J connectivity index is 1.42. The van der Waals surface area contributed by atoms with E-state index in [1.54, 1.807) is 6.33 Å². The zero-order valence-corrected chi connectivity index (χ0v) is 16.9. The molecule has 0 radical (unpaired) electrons. The lowest BCUT2D eigenvalue weighted by molar-refractivity contribution is -0.135. The van der Waals surface area contributed by atoms with Gasteiger partial charge in [-0.15, -0.1) is 0 Å². The summed E-state index contributed by atoms with van der Waals surface area (Å²) in [5, 5.41) is 1.08. The Bertz CT molecular complexity index is 851. The highest BCUT2D eigenvalue weighted by Crippen LogP contribution is 2.49. The van der Waals surface area contributed by atoms with Gasteiger partial charge >= 0.3 is 0 Å². The van der Waals surface area contributed by atoms with Crippen LogP contribution in [0.1, 0.15) is 58.3 Å². The number of hydrogen-bond donors (Lipinski definition) is 1. The third kappa shape index (κ3) is 3.27. The summed E-state index contributed by atoms with van der Waals surface area (Å²) in [6.07, 6.45) is 12.8. The van der Waals surface area contributed by atoms with Gasteiger partial charge in [-0.25, -0.2) is 9.97 Å². The first-order valence-corrected chi connectivity index (χ1v) is 11.0. The Morgan fingerprint density at radius 1 is 1.25 bits per heavy atom. The Morgan fingerprint density at radius 3 is 2.82 bits per heavy atom. The molecule has 5 rings (SSSR count). The van der Waals surface area contributed by atoms with Crippen LogP contribution in [0.15, 0.2) is 18.6 Å². The number of carbonyl (C=O) groups excluding carboxylic acids is 1. The van der Waals surface area contributed by atoms with Crippen molar-refractivity contribution >= 4 is 22.8 Å². The normalized spacial score (nSPS) is 24.8. The molecule has 1 unspecified atom stereocenters. The van der Waals surface area contributed by atoms with Crippen LogP contribution in [-0.4, -0.2) is 51.4 Å². The molecule has 3 aliphatic rings. The average molecular weight is 382 g/mol. The van der Waals surface area contributed by atoms with Gasteiger partial charge in [0.05, 0.1) is 5.39 Å². The molecule has 2 saturated carbocycles. The van der Waals surface area contributed by atoms with E-state index in [-0.39, 0.29) is 11.5 Å². The average Bonchev–Trinajstić information content (AvgIpc) is 3.07. The minimum atomic E-state index is 0.253. The summed E-state index contributed by atoms with van der Waals surface area (Å²) < 4.78 is 0. The van der Waals surface area contributed by atoms with E-state index >= 15 is 0 Å². The molecule has 3 heterocycles. The molecule has 1 amide bonds. The van der Waals surface area contributed by atoms with Gasteiger partial charge in [0, 0.05) is 43.7 Å². The van der Waals surface area contributed by atoms with E-state index in [1.807, 2.05) is 6.20 Å². The zero-order valence-electron chi connectivity index (χ0n) is 16.9. The maximum Gasteiger partial charge on any atom is 0.223 e. The number of H-pyrrole nitrogens is 1. The molecule has 28 heavy (non-hydrogen) atoms. The summed E-state index contributed by atoms with van der Waals surface area (Å²) in [4.78, 5) is 30.2. The Kier molecular flexibility index (Phi) is 4.52. The van der Waals surface area contributed by atoms with E-state index < -0.39 is 0 Å². The van der Waals surface area contributed by atoms with E-state index in [9.17, 15) is 4.79 Å². The zero-order chi connectivity index (χ0) is 19.1. The number of aromatic nitrogens is 3. The molecule has 1 aliphatic heterocycles. The van der Waals surface area contributed by atoms with Crippen molar-refractivity contribution in [3.63, 3.8) is 0 Å². The van der Waals surface area contributed by atoms with Crippen molar-refractivity contribution in [3.8, 4) is 0 Å². The molecule has 1 N–H and O–H groups in total. The summed E-state index contributed by atoms with van der Waals surface area (Å²) >= 11 is 0. The number of carbonyl (C=O) groups is 1. The fourth-order valence-corrected chi connectivity index (χ4v) is 5.35. The SMILES string of the molecule is CCC1CN(c2ncnc3[nH]ccc23)CC2(CC2)CN1C(=O)CC1CCCC1. The molecule has 6 nitrogen and oxygen atoms in total. The van der Waals surface area contributed by atoms with Crippen LogP contribution in [0.5, 0.6) is 0 Å². The number of nitrogens with one attached hydrogen (secondary N) is 1. The topological polar surface area (TPSA) is 65.1 Å². The van der Waals surface area contributed by atoms with E-state index in [4.69, 9.17) is 0 Å². The first kappa shape index (κ1) is 18.0. The number of hydrogen-bond acceptors (Lipinski definition) is 4. The highest BCUT2D eigenvalue weighted by molar-refractivity contribution is 5.87. The molecule has 1 atom stereocenters. The van der Waals surface area contributed by atoms with Gasteiger partial charge in [0.2, 0.25) is 5.91 Å². The fourth-order valence-electron chi connectivity index (χ4n) is 5.35. The predicted octanol–water partition coefficient (Wildman–Crippen LogP) is 3.75. The lowest BCUT2D eigenvalue weighted by Crippen LogP contribution is -2.45. The maximum atomic E-state index is 13.3. The summed E-state index contributed by atoms with van der Waals surface area (Å²) in [6.45, 7) is 5.00. The fraction of sp³-hybridized carbons (Fsp3) is 0.682. The molecule has 2 aromatic rings.